The molecule has 0 aliphatic carbocycles. The lowest BCUT2D eigenvalue weighted by Crippen LogP contribution is -2.50. The summed E-state index contributed by atoms with van der Waals surface area (Å²) in [7, 11) is 1.51. The molecule has 0 saturated carbocycles. The number of aryl methyl sites for hydroxylation is 1. The first kappa shape index (κ1) is 12.7. The van der Waals surface area contributed by atoms with E-state index in [4.69, 9.17) is 5.11 Å². The van der Waals surface area contributed by atoms with Gasteiger partial charge in [0.15, 0.2) is 0 Å². The molecule has 0 unspecified atom stereocenters. The van der Waals surface area contributed by atoms with Gasteiger partial charge in [0, 0.05) is 12.4 Å². The highest BCUT2D eigenvalue weighted by Gasteiger charge is 2.36. The lowest BCUT2D eigenvalue weighted by atomic mass is 10.0. The number of hydrogen-bond donors (Lipinski definition) is 1. The van der Waals surface area contributed by atoms with E-state index in [0.717, 1.165) is 5.56 Å². The third-order valence-corrected chi connectivity index (χ3v) is 3.61. The van der Waals surface area contributed by atoms with E-state index in [0.29, 0.717) is 5.56 Å². The predicted octanol–water partition coefficient (Wildman–Crippen LogP) is 1.99. The van der Waals surface area contributed by atoms with Crippen LogP contribution in [0.5, 0.6) is 0 Å². The number of carboxylic acid groups (broad SMARTS) is 1. The van der Waals surface area contributed by atoms with Crippen LogP contribution < -0.4 is 0 Å². The molecule has 1 heterocycles. The Morgan fingerprint density at radius 2 is 1.94 bits per heavy atom. The molecule has 0 aliphatic rings. The van der Waals surface area contributed by atoms with Gasteiger partial charge < -0.3 is 10.0 Å². The number of thiophene rings is 1. The normalized spacial score (nSPS) is 11.2. The summed E-state index contributed by atoms with van der Waals surface area (Å²) in [5.41, 5.74) is 0.246. The fraction of sp³-hybridized carbons (Fsp3) is 0.455. The quantitative estimate of drug-likeness (QED) is 0.880. The molecule has 0 saturated heterocycles. The summed E-state index contributed by atoms with van der Waals surface area (Å²) in [5.74, 6) is -1.28. The van der Waals surface area contributed by atoms with Crippen LogP contribution in [-0.2, 0) is 4.79 Å². The molecule has 4 nitrogen and oxygen atoms in total. The molecule has 1 amide bonds. The third kappa shape index (κ3) is 2.09. The molecule has 0 atom stereocenters. The Morgan fingerprint density at radius 3 is 2.31 bits per heavy atom. The number of carbonyl (C=O) groups excluding carboxylic acids is 1. The zero-order valence-electron chi connectivity index (χ0n) is 9.77. The Bertz CT molecular complexity index is 423. The summed E-state index contributed by atoms with van der Waals surface area (Å²) in [6, 6.07) is 0. The Morgan fingerprint density at radius 1 is 1.38 bits per heavy atom. The number of amides is 1. The lowest BCUT2D eigenvalue weighted by Gasteiger charge is -2.31. The van der Waals surface area contributed by atoms with Crippen molar-refractivity contribution in [3.8, 4) is 0 Å². The van der Waals surface area contributed by atoms with Gasteiger partial charge in [0.2, 0.25) is 0 Å². The highest BCUT2D eigenvalue weighted by atomic mass is 32.1. The van der Waals surface area contributed by atoms with Gasteiger partial charge in [-0.25, -0.2) is 4.79 Å². The van der Waals surface area contributed by atoms with Crippen LogP contribution in [-0.4, -0.2) is 34.5 Å². The molecule has 0 bridgehead atoms. The maximum atomic E-state index is 12.0. The highest BCUT2D eigenvalue weighted by Crippen LogP contribution is 2.20. The molecule has 0 spiro atoms. The van der Waals surface area contributed by atoms with Crippen LogP contribution in [0.3, 0.4) is 0 Å². The van der Waals surface area contributed by atoms with Gasteiger partial charge in [-0.2, -0.15) is 11.3 Å². The average Bonchev–Trinajstić information content (AvgIpc) is 2.61. The zero-order valence-corrected chi connectivity index (χ0v) is 10.6. The Kier molecular flexibility index (Phi) is 3.38. The van der Waals surface area contributed by atoms with Crippen molar-refractivity contribution in [1.29, 1.82) is 0 Å². The molecule has 5 heteroatoms. The number of nitrogens with zero attached hydrogens (tertiary/aromatic N) is 1. The molecular formula is C11H15NO3S. The standard InChI is InChI=1S/C11H15NO3S/c1-7-5-16-6-8(7)9(13)12(4)11(2,3)10(14)15/h5-6H,1-4H3,(H,14,15). The Labute approximate surface area is 98.5 Å². The van der Waals surface area contributed by atoms with Crippen molar-refractivity contribution in [2.45, 2.75) is 26.3 Å². The molecule has 1 aromatic rings. The third-order valence-electron chi connectivity index (χ3n) is 2.75. The number of aliphatic carboxylic acids is 1. The molecule has 16 heavy (non-hydrogen) atoms. The highest BCUT2D eigenvalue weighted by molar-refractivity contribution is 7.08. The smallest absolute Gasteiger partial charge is 0.329 e. The second-order valence-electron chi connectivity index (χ2n) is 4.20. The molecule has 88 valence electrons. The molecule has 1 rings (SSSR count). The summed E-state index contributed by atoms with van der Waals surface area (Å²) >= 11 is 1.44. The lowest BCUT2D eigenvalue weighted by molar-refractivity contribution is -0.147. The van der Waals surface area contributed by atoms with Crippen molar-refractivity contribution in [2.24, 2.45) is 0 Å². The van der Waals surface area contributed by atoms with E-state index >= 15 is 0 Å². The van der Waals surface area contributed by atoms with E-state index < -0.39 is 11.5 Å². The van der Waals surface area contributed by atoms with Crippen molar-refractivity contribution in [1.82, 2.24) is 4.90 Å². The van der Waals surface area contributed by atoms with E-state index in [9.17, 15) is 9.59 Å². The van der Waals surface area contributed by atoms with Gasteiger partial charge in [0.05, 0.1) is 5.56 Å². The van der Waals surface area contributed by atoms with Gasteiger partial charge in [-0.15, -0.1) is 0 Å². The van der Waals surface area contributed by atoms with Crippen molar-refractivity contribution in [3.63, 3.8) is 0 Å². The topological polar surface area (TPSA) is 57.6 Å². The van der Waals surface area contributed by atoms with Crippen LogP contribution in [0.2, 0.25) is 0 Å². The largest absolute Gasteiger partial charge is 0.480 e. The number of carbonyl (C=O) groups is 2. The first-order chi connectivity index (χ1) is 7.28. The summed E-state index contributed by atoms with van der Waals surface area (Å²) in [6.45, 7) is 4.86. The number of hydrogen-bond acceptors (Lipinski definition) is 3. The predicted molar refractivity (Wildman–Crippen MR) is 62.9 cm³/mol. The summed E-state index contributed by atoms with van der Waals surface area (Å²) in [6.07, 6.45) is 0. The Hall–Kier alpha value is -1.36. The van der Waals surface area contributed by atoms with Gasteiger partial charge in [0.25, 0.3) is 5.91 Å². The molecule has 1 aromatic heterocycles. The second-order valence-corrected chi connectivity index (χ2v) is 4.94. The first-order valence-electron chi connectivity index (χ1n) is 4.83. The van der Waals surface area contributed by atoms with Crippen molar-refractivity contribution >= 4 is 23.2 Å². The van der Waals surface area contributed by atoms with Gasteiger partial charge in [0.1, 0.15) is 5.54 Å². The van der Waals surface area contributed by atoms with Crippen LogP contribution in [0.1, 0.15) is 29.8 Å². The molecule has 0 fully saturated rings. The molecule has 0 aromatic carbocycles. The maximum absolute atomic E-state index is 12.0. The fourth-order valence-corrected chi connectivity index (χ4v) is 1.98. The zero-order chi connectivity index (χ0) is 12.5. The van der Waals surface area contributed by atoms with Gasteiger partial charge in [-0.1, -0.05) is 0 Å². The van der Waals surface area contributed by atoms with Gasteiger partial charge in [-0.3, -0.25) is 4.79 Å². The summed E-state index contributed by atoms with van der Waals surface area (Å²) < 4.78 is 0. The van der Waals surface area contributed by atoms with E-state index in [1.165, 1.54) is 37.1 Å². The Balaban J connectivity index is 3.00. The summed E-state index contributed by atoms with van der Waals surface area (Å²) in [5, 5.41) is 12.6. The minimum Gasteiger partial charge on any atom is -0.480 e. The van der Waals surface area contributed by atoms with Gasteiger partial charge >= 0.3 is 5.97 Å². The molecule has 0 radical (unpaired) electrons. The number of rotatable bonds is 3. The summed E-state index contributed by atoms with van der Waals surface area (Å²) in [4.78, 5) is 24.3. The number of likely N-dealkylation sites (N-methyl/N-ethyl adjacent to an activating group) is 1. The van der Waals surface area contributed by atoms with Crippen molar-refractivity contribution in [3.05, 3.63) is 21.9 Å². The van der Waals surface area contributed by atoms with Crippen LogP contribution in [0.15, 0.2) is 10.8 Å². The van der Waals surface area contributed by atoms with Crippen LogP contribution >= 0.6 is 11.3 Å². The van der Waals surface area contributed by atoms with Crippen LogP contribution in [0.4, 0.5) is 0 Å². The minimum atomic E-state index is -1.20. The minimum absolute atomic E-state index is 0.258. The monoisotopic (exact) mass is 241 g/mol. The second kappa shape index (κ2) is 4.25. The van der Waals surface area contributed by atoms with Crippen molar-refractivity contribution in [2.75, 3.05) is 7.05 Å². The van der Waals surface area contributed by atoms with Gasteiger partial charge in [-0.05, 0) is 31.7 Å². The molecular weight excluding hydrogens is 226 g/mol. The van der Waals surface area contributed by atoms with E-state index in [2.05, 4.69) is 0 Å². The molecule has 0 aliphatic heterocycles. The SMILES string of the molecule is Cc1cscc1C(=O)N(C)C(C)(C)C(=O)O. The van der Waals surface area contributed by atoms with Crippen molar-refractivity contribution < 1.29 is 14.7 Å². The number of carboxylic acids is 1. The van der Waals surface area contributed by atoms with Crippen LogP contribution in [0, 0.1) is 6.92 Å². The fourth-order valence-electron chi connectivity index (χ4n) is 1.16. The van der Waals surface area contributed by atoms with E-state index in [-0.39, 0.29) is 5.91 Å². The van der Waals surface area contributed by atoms with E-state index in [1.54, 1.807) is 5.38 Å². The average molecular weight is 241 g/mol. The van der Waals surface area contributed by atoms with E-state index in [1.807, 2.05) is 12.3 Å². The first-order valence-corrected chi connectivity index (χ1v) is 5.77. The maximum Gasteiger partial charge on any atom is 0.329 e. The molecule has 1 N–H and O–H groups in total. The van der Waals surface area contributed by atoms with Crippen LogP contribution in [0.25, 0.3) is 0 Å².